The molecule has 0 radical (unpaired) electrons. The van der Waals surface area contributed by atoms with E-state index in [0.717, 1.165) is 11.3 Å². The number of carbonyl (C=O) groups is 1. The fraction of sp³-hybridized carbons (Fsp3) is 0.500. The Morgan fingerprint density at radius 2 is 2.17 bits per heavy atom. The van der Waals surface area contributed by atoms with Gasteiger partial charge >= 0.3 is 0 Å². The summed E-state index contributed by atoms with van der Waals surface area (Å²) < 4.78 is 0. The van der Waals surface area contributed by atoms with E-state index in [2.05, 4.69) is 10.6 Å². The lowest BCUT2D eigenvalue weighted by atomic mass is 9.98. The number of hydrogen-bond acceptors (Lipinski definition) is 3. The number of aliphatic hydroxyl groups is 1. The standard InChI is InChI=1S/C14H20N2O2/c1-9(17)14(2,3)16-13(18)12-8-10-6-4-5-7-11(10)15-12/h4-7,9,12,15,17H,8H2,1-3H3,(H,16,18)/t9?,12-/m0/s1. The van der Waals surface area contributed by atoms with Crippen molar-refractivity contribution in [3.8, 4) is 0 Å². The molecular formula is C14H20N2O2. The monoisotopic (exact) mass is 248 g/mol. The number of hydrogen-bond donors (Lipinski definition) is 3. The van der Waals surface area contributed by atoms with E-state index in [9.17, 15) is 9.90 Å². The van der Waals surface area contributed by atoms with E-state index in [0.29, 0.717) is 6.42 Å². The van der Waals surface area contributed by atoms with Crippen LogP contribution >= 0.6 is 0 Å². The van der Waals surface area contributed by atoms with Crippen molar-refractivity contribution in [2.45, 2.75) is 44.9 Å². The molecule has 0 saturated heterocycles. The molecule has 0 aromatic heterocycles. The first-order valence-corrected chi connectivity index (χ1v) is 6.24. The minimum absolute atomic E-state index is 0.0721. The van der Waals surface area contributed by atoms with Crippen molar-refractivity contribution in [2.24, 2.45) is 0 Å². The summed E-state index contributed by atoms with van der Waals surface area (Å²) in [5.74, 6) is -0.0721. The average molecular weight is 248 g/mol. The van der Waals surface area contributed by atoms with Gasteiger partial charge in [-0.15, -0.1) is 0 Å². The van der Waals surface area contributed by atoms with Gasteiger partial charge < -0.3 is 15.7 Å². The third-order valence-electron chi connectivity index (χ3n) is 3.58. The summed E-state index contributed by atoms with van der Waals surface area (Å²) >= 11 is 0. The number of para-hydroxylation sites is 1. The van der Waals surface area contributed by atoms with Crippen LogP contribution < -0.4 is 10.6 Å². The summed E-state index contributed by atoms with van der Waals surface area (Å²) in [7, 11) is 0. The average Bonchev–Trinajstić information content (AvgIpc) is 2.71. The van der Waals surface area contributed by atoms with E-state index in [-0.39, 0.29) is 11.9 Å². The molecule has 1 amide bonds. The van der Waals surface area contributed by atoms with Crippen molar-refractivity contribution in [3.63, 3.8) is 0 Å². The highest BCUT2D eigenvalue weighted by molar-refractivity contribution is 5.87. The van der Waals surface area contributed by atoms with Gasteiger partial charge in [0.2, 0.25) is 5.91 Å². The summed E-state index contributed by atoms with van der Waals surface area (Å²) in [6.45, 7) is 5.31. The van der Waals surface area contributed by atoms with Crippen molar-refractivity contribution in [3.05, 3.63) is 29.8 Å². The van der Waals surface area contributed by atoms with Crippen LogP contribution in [0.15, 0.2) is 24.3 Å². The zero-order chi connectivity index (χ0) is 13.3. The number of benzene rings is 1. The highest BCUT2D eigenvalue weighted by Crippen LogP contribution is 2.25. The lowest BCUT2D eigenvalue weighted by molar-refractivity contribution is -0.124. The van der Waals surface area contributed by atoms with Gasteiger partial charge in [-0.25, -0.2) is 0 Å². The summed E-state index contributed by atoms with van der Waals surface area (Å²) in [5.41, 5.74) is 1.56. The fourth-order valence-electron chi connectivity index (χ4n) is 1.97. The van der Waals surface area contributed by atoms with Crippen LogP contribution in [-0.4, -0.2) is 28.7 Å². The van der Waals surface area contributed by atoms with Gasteiger partial charge in [0.25, 0.3) is 0 Å². The maximum Gasteiger partial charge on any atom is 0.243 e. The molecule has 18 heavy (non-hydrogen) atoms. The van der Waals surface area contributed by atoms with Crippen molar-refractivity contribution in [1.29, 1.82) is 0 Å². The number of amides is 1. The number of fused-ring (bicyclic) bond motifs is 1. The second-order valence-electron chi connectivity index (χ2n) is 5.45. The molecular weight excluding hydrogens is 228 g/mol. The summed E-state index contributed by atoms with van der Waals surface area (Å²) in [6.07, 6.45) is 0.1000. The van der Waals surface area contributed by atoms with Crippen LogP contribution in [0.2, 0.25) is 0 Å². The molecule has 0 spiro atoms. The third-order valence-corrected chi connectivity index (χ3v) is 3.58. The predicted molar refractivity (Wildman–Crippen MR) is 71.5 cm³/mol. The fourth-order valence-corrected chi connectivity index (χ4v) is 1.97. The zero-order valence-electron chi connectivity index (χ0n) is 11.0. The van der Waals surface area contributed by atoms with Crippen molar-refractivity contribution < 1.29 is 9.90 Å². The summed E-state index contributed by atoms with van der Waals surface area (Å²) in [4.78, 5) is 12.1. The number of aliphatic hydroxyl groups excluding tert-OH is 1. The van der Waals surface area contributed by atoms with Gasteiger partial charge in [0, 0.05) is 12.1 Å². The van der Waals surface area contributed by atoms with E-state index in [1.54, 1.807) is 6.92 Å². The largest absolute Gasteiger partial charge is 0.391 e. The normalized spacial score (nSPS) is 19.9. The van der Waals surface area contributed by atoms with Gasteiger partial charge in [0.05, 0.1) is 11.6 Å². The van der Waals surface area contributed by atoms with E-state index in [1.165, 1.54) is 0 Å². The first-order valence-electron chi connectivity index (χ1n) is 6.24. The van der Waals surface area contributed by atoms with Crippen LogP contribution in [-0.2, 0) is 11.2 Å². The molecule has 1 aromatic carbocycles. The summed E-state index contributed by atoms with van der Waals surface area (Å²) in [5, 5.41) is 15.7. The minimum atomic E-state index is -0.618. The Morgan fingerprint density at radius 1 is 1.50 bits per heavy atom. The van der Waals surface area contributed by atoms with E-state index in [4.69, 9.17) is 0 Å². The van der Waals surface area contributed by atoms with Crippen molar-refractivity contribution >= 4 is 11.6 Å². The van der Waals surface area contributed by atoms with Gasteiger partial charge in [0.1, 0.15) is 6.04 Å². The number of carbonyl (C=O) groups excluding carboxylic acids is 1. The lowest BCUT2D eigenvalue weighted by Gasteiger charge is -2.30. The molecule has 2 atom stereocenters. The van der Waals surface area contributed by atoms with Crippen molar-refractivity contribution in [1.82, 2.24) is 5.32 Å². The Kier molecular flexibility index (Phi) is 3.30. The van der Waals surface area contributed by atoms with Gasteiger partial charge in [-0.3, -0.25) is 4.79 Å². The summed E-state index contributed by atoms with van der Waals surface area (Å²) in [6, 6.07) is 7.67. The Balaban J connectivity index is 2.02. The van der Waals surface area contributed by atoms with Crippen LogP contribution in [0.5, 0.6) is 0 Å². The topological polar surface area (TPSA) is 61.4 Å². The highest BCUT2D eigenvalue weighted by atomic mass is 16.3. The lowest BCUT2D eigenvalue weighted by Crippen LogP contribution is -2.54. The third kappa shape index (κ3) is 2.48. The van der Waals surface area contributed by atoms with E-state index >= 15 is 0 Å². The smallest absolute Gasteiger partial charge is 0.243 e. The van der Waals surface area contributed by atoms with E-state index in [1.807, 2.05) is 38.1 Å². The first-order chi connectivity index (χ1) is 8.40. The first kappa shape index (κ1) is 12.9. The van der Waals surface area contributed by atoms with Gasteiger partial charge in [0.15, 0.2) is 0 Å². The molecule has 0 saturated carbocycles. The van der Waals surface area contributed by atoms with Gasteiger partial charge in [-0.05, 0) is 32.4 Å². The second kappa shape index (κ2) is 4.61. The molecule has 1 unspecified atom stereocenters. The van der Waals surface area contributed by atoms with Crippen LogP contribution in [0.4, 0.5) is 5.69 Å². The van der Waals surface area contributed by atoms with Crippen LogP contribution in [0.25, 0.3) is 0 Å². The number of nitrogens with one attached hydrogen (secondary N) is 2. The maximum absolute atomic E-state index is 12.1. The highest BCUT2D eigenvalue weighted by Gasteiger charge is 2.32. The molecule has 0 aliphatic carbocycles. The molecule has 4 heteroatoms. The van der Waals surface area contributed by atoms with Gasteiger partial charge in [-0.1, -0.05) is 18.2 Å². The molecule has 98 valence electrons. The second-order valence-corrected chi connectivity index (χ2v) is 5.45. The Bertz CT molecular complexity index is 430. The van der Waals surface area contributed by atoms with Crippen LogP contribution in [0.3, 0.4) is 0 Å². The maximum atomic E-state index is 12.1. The number of rotatable bonds is 3. The van der Waals surface area contributed by atoms with Crippen LogP contribution in [0.1, 0.15) is 26.3 Å². The Hall–Kier alpha value is -1.55. The zero-order valence-corrected chi connectivity index (χ0v) is 11.0. The molecule has 3 N–H and O–H groups in total. The Labute approximate surface area is 107 Å². The SMILES string of the molecule is CC(O)C(C)(C)NC(=O)[C@@H]1Cc2ccccc2N1. The van der Waals surface area contributed by atoms with Crippen LogP contribution in [0, 0.1) is 0 Å². The molecule has 1 aliphatic rings. The molecule has 1 aliphatic heterocycles. The molecule has 1 aromatic rings. The molecule has 0 bridgehead atoms. The van der Waals surface area contributed by atoms with E-state index < -0.39 is 11.6 Å². The molecule has 1 heterocycles. The van der Waals surface area contributed by atoms with Gasteiger partial charge in [-0.2, -0.15) is 0 Å². The molecule has 4 nitrogen and oxygen atoms in total. The molecule has 0 fully saturated rings. The van der Waals surface area contributed by atoms with Crippen molar-refractivity contribution in [2.75, 3.05) is 5.32 Å². The predicted octanol–water partition coefficient (Wildman–Crippen LogP) is 1.30. The quantitative estimate of drug-likeness (QED) is 0.755. The number of anilines is 1. The minimum Gasteiger partial charge on any atom is -0.391 e. The molecule has 2 rings (SSSR count). The Morgan fingerprint density at radius 3 is 2.78 bits per heavy atom.